The highest BCUT2D eigenvalue weighted by Crippen LogP contribution is 2.28. The molecule has 1 aromatic heterocycles. The molecule has 1 fully saturated rings. The Morgan fingerprint density at radius 3 is 2.83 bits per heavy atom. The number of nitrogens with zero attached hydrogens (tertiary/aromatic N) is 3. The van der Waals surface area contributed by atoms with Gasteiger partial charge in [0, 0.05) is 6.04 Å². The highest BCUT2D eigenvalue weighted by molar-refractivity contribution is 5.56. The average molecular weight is 245 g/mol. The predicted molar refractivity (Wildman–Crippen MR) is 70.0 cm³/mol. The van der Waals surface area contributed by atoms with E-state index in [1.807, 2.05) is 13.8 Å². The molecule has 0 radical (unpaired) electrons. The quantitative estimate of drug-likeness (QED) is 0.842. The molecule has 2 rings (SSSR count). The Morgan fingerprint density at radius 1 is 1.39 bits per heavy atom. The van der Waals surface area contributed by atoms with E-state index in [1.165, 1.54) is 6.42 Å². The zero-order chi connectivity index (χ0) is 13.1. The van der Waals surface area contributed by atoms with Crippen LogP contribution >= 0.6 is 0 Å². The monoisotopic (exact) mass is 245 g/mol. The molecule has 1 aliphatic rings. The Labute approximate surface area is 107 Å². The number of hydrogen-bond donors (Lipinski definition) is 2. The minimum absolute atomic E-state index is 0.318. The number of aromatic nitrogens is 2. The lowest BCUT2D eigenvalue weighted by Gasteiger charge is -2.20. The number of nitrogens with one attached hydrogen (secondary N) is 1. The third-order valence-electron chi connectivity index (χ3n) is 3.85. The highest BCUT2D eigenvalue weighted by atomic mass is 15.2. The minimum Gasteiger partial charge on any atom is -0.364 e. The van der Waals surface area contributed by atoms with E-state index in [0.717, 1.165) is 24.1 Å². The number of hydrogen-bond acceptors (Lipinski definition) is 5. The number of aryl methyl sites for hydroxylation is 1. The Morgan fingerprint density at radius 2 is 2.17 bits per heavy atom. The Balaban J connectivity index is 2.24. The van der Waals surface area contributed by atoms with E-state index >= 15 is 0 Å². The molecule has 2 atom stereocenters. The van der Waals surface area contributed by atoms with Crippen LogP contribution in [0.2, 0.25) is 0 Å². The minimum atomic E-state index is 0.318. The van der Waals surface area contributed by atoms with Gasteiger partial charge in [-0.25, -0.2) is 0 Å². The molecule has 0 amide bonds. The Hall–Kier alpha value is -1.67. The maximum Gasteiger partial charge on any atom is 0.167 e. The van der Waals surface area contributed by atoms with Crippen molar-refractivity contribution in [3.8, 4) is 6.07 Å². The molecule has 2 unspecified atom stereocenters. The van der Waals surface area contributed by atoms with Gasteiger partial charge in [-0.2, -0.15) is 10.4 Å². The van der Waals surface area contributed by atoms with Crippen LogP contribution in [0, 0.1) is 31.1 Å². The van der Waals surface area contributed by atoms with Gasteiger partial charge in [-0.05, 0) is 44.7 Å². The second-order valence-electron chi connectivity index (χ2n) is 4.92. The van der Waals surface area contributed by atoms with Gasteiger partial charge in [0.1, 0.15) is 11.6 Å². The van der Waals surface area contributed by atoms with Crippen molar-refractivity contribution in [3.63, 3.8) is 0 Å². The summed E-state index contributed by atoms with van der Waals surface area (Å²) in [5, 5.41) is 20.8. The molecule has 96 valence electrons. The van der Waals surface area contributed by atoms with Crippen LogP contribution < -0.4 is 11.1 Å². The molecule has 0 bridgehead atoms. The van der Waals surface area contributed by atoms with Gasteiger partial charge >= 0.3 is 0 Å². The van der Waals surface area contributed by atoms with Crippen molar-refractivity contribution in [3.05, 3.63) is 16.8 Å². The van der Waals surface area contributed by atoms with Crippen LogP contribution in [0.5, 0.6) is 0 Å². The van der Waals surface area contributed by atoms with Gasteiger partial charge in [0.15, 0.2) is 5.82 Å². The molecule has 1 aromatic rings. The molecule has 3 N–H and O–H groups in total. The van der Waals surface area contributed by atoms with Crippen LogP contribution in [-0.4, -0.2) is 22.8 Å². The standard InChI is InChI=1S/C13H19N5/c1-8-9(2)17-18-13(11(8)7-15)16-12-5-3-4-10(12)6-14/h10,12H,3-6,14H2,1-2H3,(H,16,18). The normalized spacial score (nSPS) is 22.8. The van der Waals surface area contributed by atoms with Crippen molar-refractivity contribution < 1.29 is 0 Å². The smallest absolute Gasteiger partial charge is 0.167 e. The molecule has 0 aromatic carbocycles. The first-order valence-corrected chi connectivity index (χ1v) is 6.38. The van der Waals surface area contributed by atoms with Crippen molar-refractivity contribution in [1.82, 2.24) is 10.2 Å². The second-order valence-corrected chi connectivity index (χ2v) is 4.92. The lowest BCUT2D eigenvalue weighted by Crippen LogP contribution is -2.30. The summed E-state index contributed by atoms with van der Waals surface area (Å²) >= 11 is 0. The summed E-state index contributed by atoms with van der Waals surface area (Å²) < 4.78 is 0. The zero-order valence-corrected chi connectivity index (χ0v) is 10.9. The van der Waals surface area contributed by atoms with Gasteiger partial charge in [-0.3, -0.25) is 0 Å². The van der Waals surface area contributed by atoms with Gasteiger partial charge in [0.25, 0.3) is 0 Å². The van der Waals surface area contributed by atoms with Gasteiger partial charge in [-0.1, -0.05) is 6.42 Å². The largest absolute Gasteiger partial charge is 0.364 e. The average Bonchev–Trinajstić information content (AvgIpc) is 2.81. The maximum absolute atomic E-state index is 9.24. The molecule has 1 saturated carbocycles. The molecule has 5 nitrogen and oxygen atoms in total. The van der Waals surface area contributed by atoms with E-state index in [2.05, 4.69) is 21.6 Å². The second kappa shape index (κ2) is 5.32. The lowest BCUT2D eigenvalue weighted by atomic mass is 10.0. The first-order chi connectivity index (χ1) is 8.67. The van der Waals surface area contributed by atoms with E-state index in [0.29, 0.717) is 29.9 Å². The topological polar surface area (TPSA) is 87.6 Å². The fraction of sp³-hybridized carbons (Fsp3) is 0.615. The molecule has 0 saturated heterocycles. The number of anilines is 1. The van der Waals surface area contributed by atoms with Gasteiger partial charge in [0.2, 0.25) is 0 Å². The highest BCUT2D eigenvalue weighted by Gasteiger charge is 2.27. The van der Waals surface area contributed by atoms with E-state index in [-0.39, 0.29) is 0 Å². The van der Waals surface area contributed by atoms with E-state index in [9.17, 15) is 5.26 Å². The van der Waals surface area contributed by atoms with Crippen molar-refractivity contribution in [1.29, 1.82) is 5.26 Å². The molecular formula is C13H19N5. The Kier molecular flexibility index (Phi) is 3.78. The molecule has 1 heterocycles. The van der Waals surface area contributed by atoms with Crippen LogP contribution in [0.25, 0.3) is 0 Å². The van der Waals surface area contributed by atoms with E-state index in [4.69, 9.17) is 5.73 Å². The summed E-state index contributed by atoms with van der Waals surface area (Å²) in [4.78, 5) is 0. The van der Waals surface area contributed by atoms with Crippen LogP contribution in [0.4, 0.5) is 5.82 Å². The molecule has 1 aliphatic carbocycles. The first kappa shape index (κ1) is 12.8. The Bertz CT molecular complexity index is 477. The fourth-order valence-electron chi connectivity index (χ4n) is 2.53. The summed E-state index contributed by atoms with van der Waals surface area (Å²) in [6.07, 6.45) is 3.41. The first-order valence-electron chi connectivity index (χ1n) is 6.38. The summed E-state index contributed by atoms with van der Waals surface area (Å²) in [5.74, 6) is 1.07. The molecular weight excluding hydrogens is 226 g/mol. The lowest BCUT2D eigenvalue weighted by molar-refractivity contribution is 0.514. The molecule has 0 spiro atoms. The summed E-state index contributed by atoms with van der Waals surface area (Å²) in [5.41, 5.74) is 8.07. The predicted octanol–water partition coefficient (Wildman–Crippen LogP) is 1.50. The van der Waals surface area contributed by atoms with Crippen LogP contribution in [-0.2, 0) is 0 Å². The summed E-state index contributed by atoms with van der Waals surface area (Å²) in [7, 11) is 0. The molecule has 5 heteroatoms. The van der Waals surface area contributed by atoms with Crippen molar-refractivity contribution >= 4 is 5.82 Å². The van der Waals surface area contributed by atoms with Crippen molar-refractivity contribution in [2.24, 2.45) is 11.7 Å². The third kappa shape index (κ3) is 2.29. The maximum atomic E-state index is 9.24. The van der Waals surface area contributed by atoms with Crippen LogP contribution in [0.3, 0.4) is 0 Å². The van der Waals surface area contributed by atoms with Crippen molar-refractivity contribution in [2.45, 2.75) is 39.2 Å². The van der Waals surface area contributed by atoms with E-state index in [1.54, 1.807) is 0 Å². The number of nitrogens with two attached hydrogens (primary N) is 1. The summed E-state index contributed by atoms with van der Waals surface area (Å²) in [6.45, 7) is 4.45. The van der Waals surface area contributed by atoms with Crippen LogP contribution in [0.1, 0.15) is 36.1 Å². The summed E-state index contributed by atoms with van der Waals surface area (Å²) in [6, 6.07) is 2.53. The van der Waals surface area contributed by atoms with Crippen LogP contribution in [0.15, 0.2) is 0 Å². The van der Waals surface area contributed by atoms with Gasteiger partial charge in [-0.15, -0.1) is 5.10 Å². The SMILES string of the molecule is Cc1nnc(NC2CCCC2CN)c(C#N)c1C. The number of nitriles is 1. The van der Waals surface area contributed by atoms with Crippen molar-refractivity contribution in [2.75, 3.05) is 11.9 Å². The molecule has 18 heavy (non-hydrogen) atoms. The van der Waals surface area contributed by atoms with E-state index < -0.39 is 0 Å². The fourth-order valence-corrected chi connectivity index (χ4v) is 2.53. The van der Waals surface area contributed by atoms with Gasteiger partial charge in [0.05, 0.1) is 5.69 Å². The third-order valence-corrected chi connectivity index (χ3v) is 3.85. The zero-order valence-electron chi connectivity index (χ0n) is 10.9. The van der Waals surface area contributed by atoms with Gasteiger partial charge < -0.3 is 11.1 Å². The molecule has 0 aliphatic heterocycles. The number of rotatable bonds is 3.